The summed E-state index contributed by atoms with van der Waals surface area (Å²) in [6, 6.07) is 4.59. The van der Waals surface area contributed by atoms with E-state index in [0.717, 1.165) is 0 Å². The van der Waals surface area contributed by atoms with Crippen LogP contribution in [0, 0.1) is 5.82 Å². The van der Waals surface area contributed by atoms with Gasteiger partial charge in [0, 0.05) is 6.08 Å². The summed E-state index contributed by atoms with van der Waals surface area (Å²) in [5.41, 5.74) is 0.593. The standard InChI is InChI=1S/C10H8BrFO2/c1-14-9(13)6-5-7-3-2-4-8(12)10(7)11/h2-6H,1H3. The van der Waals surface area contributed by atoms with E-state index in [2.05, 4.69) is 20.7 Å². The third-order valence-corrected chi connectivity index (χ3v) is 2.42. The lowest BCUT2D eigenvalue weighted by molar-refractivity contribution is -0.134. The molecule has 0 spiro atoms. The quantitative estimate of drug-likeness (QED) is 0.603. The zero-order valence-corrected chi connectivity index (χ0v) is 9.05. The van der Waals surface area contributed by atoms with Gasteiger partial charge in [-0.25, -0.2) is 9.18 Å². The number of carbonyl (C=O) groups is 1. The summed E-state index contributed by atoms with van der Waals surface area (Å²) in [6.45, 7) is 0. The van der Waals surface area contributed by atoms with Crippen molar-refractivity contribution in [3.8, 4) is 0 Å². The van der Waals surface area contributed by atoms with E-state index in [1.165, 1.54) is 25.3 Å². The Morgan fingerprint density at radius 1 is 1.57 bits per heavy atom. The molecule has 0 saturated heterocycles. The van der Waals surface area contributed by atoms with E-state index in [0.29, 0.717) is 10.0 Å². The van der Waals surface area contributed by atoms with Crippen LogP contribution in [0.25, 0.3) is 6.08 Å². The van der Waals surface area contributed by atoms with Gasteiger partial charge in [0.15, 0.2) is 0 Å². The van der Waals surface area contributed by atoms with Crippen molar-refractivity contribution < 1.29 is 13.9 Å². The molecule has 0 unspecified atom stereocenters. The van der Waals surface area contributed by atoms with Gasteiger partial charge in [-0.2, -0.15) is 0 Å². The molecule has 0 aliphatic rings. The Morgan fingerprint density at radius 2 is 2.29 bits per heavy atom. The van der Waals surface area contributed by atoms with Crippen LogP contribution < -0.4 is 0 Å². The first-order valence-corrected chi connectivity index (χ1v) is 4.64. The zero-order chi connectivity index (χ0) is 10.6. The first-order valence-electron chi connectivity index (χ1n) is 3.85. The summed E-state index contributed by atoms with van der Waals surface area (Å²) in [4.78, 5) is 10.8. The van der Waals surface area contributed by atoms with Gasteiger partial charge in [0.25, 0.3) is 0 Å². The molecule has 0 heterocycles. The molecule has 0 bridgehead atoms. The van der Waals surface area contributed by atoms with Gasteiger partial charge in [-0.15, -0.1) is 0 Å². The fraction of sp³-hybridized carbons (Fsp3) is 0.100. The molecule has 0 aliphatic carbocycles. The van der Waals surface area contributed by atoms with Crippen molar-refractivity contribution in [1.82, 2.24) is 0 Å². The Balaban J connectivity index is 2.92. The normalized spacial score (nSPS) is 10.5. The lowest BCUT2D eigenvalue weighted by Gasteiger charge is -1.98. The second-order valence-electron chi connectivity index (χ2n) is 2.50. The number of ether oxygens (including phenoxy) is 1. The number of hydrogen-bond donors (Lipinski definition) is 0. The lowest BCUT2D eigenvalue weighted by atomic mass is 10.2. The second kappa shape index (κ2) is 4.91. The van der Waals surface area contributed by atoms with E-state index >= 15 is 0 Å². The molecule has 0 aliphatic heterocycles. The van der Waals surface area contributed by atoms with Gasteiger partial charge in [0.2, 0.25) is 0 Å². The van der Waals surface area contributed by atoms with Crippen molar-refractivity contribution in [3.63, 3.8) is 0 Å². The average molecular weight is 259 g/mol. The summed E-state index contributed by atoms with van der Waals surface area (Å²) in [5, 5.41) is 0. The van der Waals surface area contributed by atoms with E-state index in [1.54, 1.807) is 12.1 Å². The number of halogens is 2. The van der Waals surface area contributed by atoms with Crippen molar-refractivity contribution in [2.24, 2.45) is 0 Å². The smallest absolute Gasteiger partial charge is 0.330 e. The summed E-state index contributed by atoms with van der Waals surface area (Å²) < 4.78 is 17.7. The molecule has 0 radical (unpaired) electrons. The number of esters is 1. The van der Waals surface area contributed by atoms with Gasteiger partial charge < -0.3 is 4.74 Å². The molecule has 4 heteroatoms. The van der Waals surface area contributed by atoms with Crippen molar-refractivity contribution in [1.29, 1.82) is 0 Å². The van der Waals surface area contributed by atoms with Crippen molar-refractivity contribution >= 4 is 28.0 Å². The summed E-state index contributed by atoms with van der Waals surface area (Å²) in [6.07, 6.45) is 2.72. The highest BCUT2D eigenvalue weighted by atomic mass is 79.9. The second-order valence-corrected chi connectivity index (χ2v) is 3.29. The van der Waals surface area contributed by atoms with Crippen molar-refractivity contribution in [2.75, 3.05) is 7.11 Å². The fourth-order valence-corrected chi connectivity index (χ4v) is 1.27. The molecule has 0 saturated carbocycles. The Morgan fingerprint density at radius 3 is 2.93 bits per heavy atom. The van der Waals surface area contributed by atoms with Crippen LogP contribution in [-0.4, -0.2) is 13.1 Å². The molecule has 74 valence electrons. The maximum Gasteiger partial charge on any atom is 0.330 e. The van der Waals surface area contributed by atoms with E-state index in [1.807, 2.05) is 0 Å². The molecule has 0 aromatic heterocycles. The van der Waals surface area contributed by atoms with Crippen LogP contribution in [0.2, 0.25) is 0 Å². The minimum atomic E-state index is -0.471. The fourth-order valence-electron chi connectivity index (χ4n) is 0.875. The molecule has 0 atom stereocenters. The molecular formula is C10H8BrFO2. The van der Waals surface area contributed by atoms with E-state index < -0.39 is 5.97 Å². The van der Waals surface area contributed by atoms with Gasteiger partial charge in [-0.1, -0.05) is 12.1 Å². The van der Waals surface area contributed by atoms with Crippen LogP contribution in [0.3, 0.4) is 0 Å². The predicted molar refractivity (Wildman–Crippen MR) is 55.2 cm³/mol. The molecule has 1 aromatic rings. The Kier molecular flexibility index (Phi) is 3.83. The number of hydrogen-bond acceptors (Lipinski definition) is 2. The number of benzene rings is 1. The van der Waals surface area contributed by atoms with Crippen molar-refractivity contribution in [2.45, 2.75) is 0 Å². The summed E-state index contributed by atoms with van der Waals surface area (Å²) >= 11 is 3.07. The highest BCUT2D eigenvalue weighted by Crippen LogP contribution is 2.21. The Labute approximate surface area is 89.5 Å². The van der Waals surface area contributed by atoms with Crippen LogP contribution >= 0.6 is 15.9 Å². The van der Waals surface area contributed by atoms with Crippen LogP contribution in [0.15, 0.2) is 28.7 Å². The predicted octanol–water partition coefficient (Wildman–Crippen LogP) is 2.77. The Hall–Kier alpha value is -1.16. The average Bonchev–Trinajstić information content (AvgIpc) is 2.20. The van der Waals surface area contributed by atoms with Crippen LogP contribution in [0.1, 0.15) is 5.56 Å². The molecule has 2 nitrogen and oxygen atoms in total. The largest absolute Gasteiger partial charge is 0.466 e. The van der Waals surface area contributed by atoms with E-state index in [4.69, 9.17) is 0 Å². The van der Waals surface area contributed by atoms with Gasteiger partial charge >= 0.3 is 5.97 Å². The maximum absolute atomic E-state index is 13.0. The molecule has 0 amide bonds. The topological polar surface area (TPSA) is 26.3 Å². The van der Waals surface area contributed by atoms with Gasteiger partial charge in [-0.05, 0) is 33.6 Å². The van der Waals surface area contributed by atoms with Crippen molar-refractivity contribution in [3.05, 3.63) is 40.1 Å². The van der Waals surface area contributed by atoms with Crippen LogP contribution in [0.4, 0.5) is 4.39 Å². The van der Waals surface area contributed by atoms with Crippen LogP contribution in [-0.2, 0) is 9.53 Å². The monoisotopic (exact) mass is 258 g/mol. The highest BCUT2D eigenvalue weighted by molar-refractivity contribution is 9.10. The molecular weight excluding hydrogens is 251 g/mol. The van der Waals surface area contributed by atoms with E-state index in [-0.39, 0.29) is 5.82 Å². The van der Waals surface area contributed by atoms with Gasteiger partial charge in [0.1, 0.15) is 5.82 Å². The minimum absolute atomic E-state index is 0.333. The molecule has 1 aromatic carbocycles. The molecule has 14 heavy (non-hydrogen) atoms. The minimum Gasteiger partial charge on any atom is -0.466 e. The van der Waals surface area contributed by atoms with Gasteiger partial charge in [0.05, 0.1) is 11.6 Å². The summed E-state index contributed by atoms with van der Waals surface area (Å²) in [5.74, 6) is -0.835. The van der Waals surface area contributed by atoms with Crippen LogP contribution in [0.5, 0.6) is 0 Å². The first kappa shape index (κ1) is 10.9. The number of rotatable bonds is 2. The number of methoxy groups -OCH3 is 1. The SMILES string of the molecule is COC(=O)C=Cc1cccc(F)c1Br. The third kappa shape index (κ3) is 2.67. The first-order chi connectivity index (χ1) is 6.65. The third-order valence-electron chi connectivity index (χ3n) is 1.58. The lowest BCUT2D eigenvalue weighted by Crippen LogP contribution is -1.93. The molecule has 1 rings (SSSR count). The number of carbonyl (C=O) groups excluding carboxylic acids is 1. The maximum atomic E-state index is 13.0. The zero-order valence-electron chi connectivity index (χ0n) is 7.46. The highest BCUT2D eigenvalue weighted by Gasteiger charge is 2.02. The Bertz CT molecular complexity index is 374. The molecule has 0 N–H and O–H groups in total. The van der Waals surface area contributed by atoms with Gasteiger partial charge in [-0.3, -0.25) is 0 Å². The summed E-state index contributed by atoms with van der Waals surface area (Å²) in [7, 11) is 1.29. The van der Waals surface area contributed by atoms with E-state index in [9.17, 15) is 9.18 Å². The molecule has 0 fully saturated rings.